The van der Waals surface area contributed by atoms with Gasteiger partial charge >= 0.3 is 0 Å². The van der Waals surface area contributed by atoms with E-state index >= 15 is 0 Å². The lowest BCUT2D eigenvalue weighted by Gasteiger charge is -2.18. The standard InChI is InChI=1S/C13H28N2O/c1-3-11(2)13(14)9-15-7-4-8-16-10-12-5-6-12/h11-13,15H,3-10,14H2,1-2H3. The molecule has 0 aromatic carbocycles. The summed E-state index contributed by atoms with van der Waals surface area (Å²) in [6.07, 6.45) is 5.01. The molecule has 1 fully saturated rings. The van der Waals surface area contributed by atoms with E-state index < -0.39 is 0 Å². The highest BCUT2D eigenvalue weighted by Gasteiger charge is 2.20. The van der Waals surface area contributed by atoms with E-state index in [0.717, 1.165) is 45.1 Å². The Labute approximate surface area is 100 Å². The highest BCUT2D eigenvalue weighted by Crippen LogP contribution is 2.28. The van der Waals surface area contributed by atoms with Crippen LogP contribution >= 0.6 is 0 Å². The van der Waals surface area contributed by atoms with Crippen LogP contribution in [0.3, 0.4) is 0 Å². The van der Waals surface area contributed by atoms with E-state index in [0.29, 0.717) is 5.92 Å². The molecule has 0 saturated heterocycles. The third-order valence-electron chi connectivity index (χ3n) is 3.45. The van der Waals surface area contributed by atoms with Crippen molar-refractivity contribution in [3.63, 3.8) is 0 Å². The predicted molar refractivity (Wildman–Crippen MR) is 68.5 cm³/mol. The Hall–Kier alpha value is -0.120. The average Bonchev–Trinajstić information content (AvgIpc) is 3.10. The fourth-order valence-corrected chi connectivity index (χ4v) is 1.61. The Morgan fingerprint density at radius 1 is 1.44 bits per heavy atom. The number of nitrogens with one attached hydrogen (secondary N) is 1. The Bertz CT molecular complexity index is 171. The molecule has 0 radical (unpaired) electrons. The van der Waals surface area contributed by atoms with Gasteiger partial charge in [0.15, 0.2) is 0 Å². The Morgan fingerprint density at radius 3 is 2.81 bits per heavy atom. The molecule has 0 aromatic rings. The SMILES string of the molecule is CCC(C)C(N)CNCCCOCC1CC1. The number of ether oxygens (including phenoxy) is 1. The fraction of sp³-hybridized carbons (Fsp3) is 1.00. The summed E-state index contributed by atoms with van der Waals surface area (Å²) in [5.74, 6) is 1.49. The molecule has 2 unspecified atom stereocenters. The van der Waals surface area contributed by atoms with Crippen molar-refractivity contribution in [3.8, 4) is 0 Å². The minimum Gasteiger partial charge on any atom is -0.381 e. The molecular weight excluding hydrogens is 200 g/mol. The van der Waals surface area contributed by atoms with Crippen LogP contribution in [-0.2, 0) is 4.74 Å². The minimum atomic E-state index is 0.289. The minimum absolute atomic E-state index is 0.289. The first-order valence-electron chi connectivity index (χ1n) is 6.78. The second kappa shape index (κ2) is 8.04. The molecule has 0 heterocycles. The van der Waals surface area contributed by atoms with Gasteiger partial charge in [-0.2, -0.15) is 0 Å². The van der Waals surface area contributed by atoms with Gasteiger partial charge in [0.25, 0.3) is 0 Å². The van der Waals surface area contributed by atoms with Gasteiger partial charge in [-0.15, -0.1) is 0 Å². The quantitative estimate of drug-likeness (QED) is 0.560. The zero-order valence-corrected chi connectivity index (χ0v) is 10.9. The normalized spacial score (nSPS) is 19.7. The number of hydrogen-bond acceptors (Lipinski definition) is 3. The molecule has 1 aliphatic rings. The zero-order chi connectivity index (χ0) is 11.8. The van der Waals surface area contributed by atoms with E-state index in [1.807, 2.05) is 0 Å². The average molecular weight is 228 g/mol. The summed E-state index contributed by atoms with van der Waals surface area (Å²) < 4.78 is 5.56. The van der Waals surface area contributed by atoms with Gasteiger partial charge in [0.1, 0.15) is 0 Å². The van der Waals surface area contributed by atoms with Crippen LogP contribution in [0.4, 0.5) is 0 Å². The van der Waals surface area contributed by atoms with Crippen molar-refractivity contribution in [2.45, 2.75) is 45.6 Å². The maximum Gasteiger partial charge on any atom is 0.0494 e. The van der Waals surface area contributed by atoms with Crippen LogP contribution in [0.15, 0.2) is 0 Å². The van der Waals surface area contributed by atoms with Crippen molar-refractivity contribution in [3.05, 3.63) is 0 Å². The molecule has 1 saturated carbocycles. The van der Waals surface area contributed by atoms with E-state index in [-0.39, 0.29) is 6.04 Å². The van der Waals surface area contributed by atoms with Crippen LogP contribution in [0.1, 0.15) is 39.5 Å². The molecule has 0 aromatic heterocycles. The first kappa shape index (κ1) is 13.9. The molecule has 0 bridgehead atoms. The second-order valence-electron chi connectivity index (χ2n) is 5.13. The van der Waals surface area contributed by atoms with Crippen molar-refractivity contribution in [1.29, 1.82) is 0 Å². The predicted octanol–water partition coefficient (Wildman–Crippen LogP) is 1.77. The molecule has 1 rings (SSSR count). The fourth-order valence-electron chi connectivity index (χ4n) is 1.61. The third kappa shape index (κ3) is 6.46. The second-order valence-corrected chi connectivity index (χ2v) is 5.13. The van der Waals surface area contributed by atoms with Crippen LogP contribution in [0.5, 0.6) is 0 Å². The van der Waals surface area contributed by atoms with Crippen LogP contribution in [0.2, 0.25) is 0 Å². The highest BCUT2D eigenvalue weighted by molar-refractivity contribution is 4.72. The van der Waals surface area contributed by atoms with Gasteiger partial charge in [-0.3, -0.25) is 0 Å². The van der Waals surface area contributed by atoms with E-state index in [4.69, 9.17) is 10.5 Å². The van der Waals surface area contributed by atoms with E-state index in [1.54, 1.807) is 0 Å². The van der Waals surface area contributed by atoms with Crippen molar-refractivity contribution >= 4 is 0 Å². The first-order valence-corrected chi connectivity index (χ1v) is 6.78. The molecular formula is C13H28N2O. The van der Waals surface area contributed by atoms with Gasteiger partial charge in [-0.05, 0) is 37.6 Å². The molecule has 1 aliphatic carbocycles. The number of rotatable bonds is 10. The zero-order valence-electron chi connectivity index (χ0n) is 10.9. The Kier molecular flexibility index (Phi) is 7.01. The van der Waals surface area contributed by atoms with Gasteiger partial charge in [0.2, 0.25) is 0 Å². The number of nitrogens with two attached hydrogens (primary N) is 1. The molecule has 3 N–H and O–H groups in total. The van der Waals surface area contributed by atoms with Gasteiger partial charge in [0.05, 0.1) is 0 Å². The Morgan fingerprint density at radius 2 is 2.19 bits per heavy atom. The lowest BCUT2D eigenvalue weighted by molar-refractivity contribution is 0.122. The molecule has 16 heavy (non-hydrogen) atoms. The molecule has 0 amide bonds. The summed E-state index contributed by atoms with van der Waals surface area (Å²) in [4.78, 5) is 0. The lowest BCUT2D eigenvalue weighted by Crippen LogP contribution is -2.39. The van der Waals surface area contributed by atoms with Crippen molar-refractivity contribution in [2.24, 2.45) is 17.6 Å². The lowest BCUT2D eigenvalue weighted by atomic mass is 10.0. The molecule has 96 valence electrons. The van der Waals surface area contributed by atoms with Gasteiger partial charge in [0, 0.05) is 25.8 Å². The van der Waals surface area contributed by atoms with Crippen LogP contribution in [0, 0.1) is 11.8 Å². The van der Waals surface area contributed by atoms with E-state index in [2.05, 4.69) is 19.2 Å². The highest BCUT2D eigenvalue weighted by atomic mass is 16.5. The maximum absolute atomic E-state index is 6.02. The summed E-state index contributed by atoms with van der Waals surface area (Å²) in [5, 5.41) is 3.40. The molecule has 3 heteroatoms. The van der Waals surface area contributed by atoms with Crippen LogP contribution in [0.25, 0.3) is 0 Å². The summed E-state index contributed by atoms with van der Waals surface area (Å²) in [5.41, 5.74) is 6.02. The number of hydrogen-bond donors (Lipinski definition) is 2. The first-order chi connectivity index (χ1) is 7.74. The summed E-state index contributed by atoms with van der Waals surface area (Å²) in [7, 11) is 0. The third-order valence-corrected chi connectivity index (χ3v) is 3.45. The van der Waals surface area contributed by atoms with Gasteiger partial charge in [-0.25, -0.2) is 0 Å². The van der Waals surface area contributed by atoms with Gasteiger partial charge < -0.3 is 15.8 Å². The van der Waals surface area contributed by atoms with Gasteiger partial charge in [-0.1, -0.05) is 20.3 Å². The summed E-state index contributed by atoms with van der Waals surface area (Å²) in [6, 6.07) is 0.289. The molecule has 0 spiro atoms. The largest absolute Gasteiger partial charge is 0.381 e. The summed E-state index contributed by atoms with van der Waals surface area (Å²) in [6.45, 7) is 8.22. The van der Waals surface area contributed by atoms with Crippen LogP contribution in [-0.4, -0.2) is 32.3 Å². The smallest absolute Gasteiger partial charge is 0.0494 e. The van der Waals surface area contributed by atoms with Crippen molar-refractivity contribution in [2.75, 3.05) is 26.3 Å². The van der Waals surface area contributed by atoms with Crippen LogP contribution < -0.4 is 11.1 Å². The molecule has 0 aliphatic heterocycles. The van der Waals surface area contributed by atoms with Crippen molar-refractivity contribution < 1.29 is 4.74 Å². The maximum atomic E-state index is 6.02. The topological polar surface area (TPSA) is 47.3 Å². The monoisotopic (exact) mass is 228 g/mol. The molecule has 3 nitrogen and oxygen atoms in total. The van der Waals surface area contributed by atoms with Crippen molar-refractivity contribution in [1.82, 2.24) is 5.32 Å². The van der Waals surface area contributed by atoms with E-state index in [9.17, 15) is 0 Å². The summed E-state index contributed by atoms with van der Waals surface area (Å²) >= 11 is 0. The Balaban J connectivity index is 1.79. The molecule has 2 atom stereocenters. The van der Waals surface area contributed by atoms with E-state index in [1.165, 1.54) is 12.8 Å².